The van der Waals surface area contributed by atoms with Gasteiger partial charge < -0.3 is 9.84 Å². The molecule has 0 saturated heterocycles. The molecule has 0 radical (unpaired) electrons. The number of hydrogen-bond donors (Lipinski definition) is 1. The van der Waals surface area contributed by atoms with Gasteiger partial charge in [-0.25, -0.2) is 4.79 Å². The quantitative estimate of drug-likeness (QED) is 0.199. The van der Waals surface area contributed by atoms with Gasteiger partial charge in [0.15, 0.2) is 5.05 Å². The normalized spacial score (nSPS) is 10.7. The Hall–Kier alpha value is -2.98. The van der Waals surface area contributed by atoms with E-state index in [2.05, 4.69) is 25.1 Å². The molecule has 4 heteroatoms. The third-order valence-electron chi connectivity index (χ3n) is 6.02. The van der Waals surface area contributed by atoms with Crippen molar-refractivity contribution in [2.24, 2.45) is 0 Å². The van der Waals surface area contributed by atoms with Crippen molar-refractivity contribution in [2.45, 2.75) is 64.7 Å². The molecule has 1 N–H and O–H groups in total. The van der Waals surface area contributed by atoms with Gasteiger partial charge in [-0.2, -0.15) is 0 Å². The number of rotatable bonds is 13. The van der Waals surface area contributed by atoms with Crippen molar-refractivity contribution in [2.75, 3.05) is 0 Å². The second kappa shape index (κ2) is 13.7. The first-order valence-corrected chi connectivity index (χ1v) is 12.7. The maximum atomic E-state index is 11.2. The number of ether oxygens (including phenoxy) is 1. The summed E-state index contributed by atoms with van der Waals surface area (Å²) in [6.07, 6.45) is 11.3. The molecule has 0 fully saturated rings. The highest BCUT2D eigenvalue weighted by Gasteiger charge is 2.13. The topological polar surface area (TPSA) is 46.5 Å². The Morgan fingerprint density at radius 1 is 0.794 bits per heavy atom. The van der Waals surface area contributed by atoms with Crippen LogP contribution in [-0.2, 0) is 6.42 Å². The molecule has 0 saturated carbocycles. The minimum Gasteiger partial charge on any atom is -0.478 e. The molecule has 3 aromatic rings. The fourth-order valence-corrected chi connectivity index (χ4v) is 4.26. The van der Waals surface area contributed by atoms with E-state index >= 15 is 0 Å². The Morgan fingerprint density at radius 2 is 1.44 bits per heavy atom. The average Bonchev–Trinajstić information content (AvgIpc) is 2.86. The Kier molecular flexibility index (Phi) is 10.3. The lowest BCUT2D eigenvalue weighted by Crippen LogP contribution is -2.08. The molecular formula is C30H34O3S. The average molecular weight is 475 g/mol. The maximum Gasteiger partial charge on any atom is 0.335 e. The van der Waals surface area contributed by atoms with Gasteiger partial charge in [0.1, 0.15) is 5.75 Å². The smallest absolute Gasteiger partial charge is 0.335 e. The van der Waals surface area contributed by atoms with Crippen LogP contribution in [0.1, 0.15) is 79.8 Å². The summed E-state index contributed by atoms with van der Waals surface area (Å²) in [6.45, 7) is 2.25. The summed E-state index contributed by atoms with van der Waals surface area (Å²) in [4.78, 5) is 11.2. The van der Waals surface area contributed by atoms with Gasteiger partial charge in [0.2, 0.25) is 0 Å². The van der Waals surface area contributed by atoms with Crippen LogP contribution in [0.25, 0.3) is 11.1 Å². The molecule has 0 heterocycles. The second-order valence-electron chi connectivity index (χ2n) is 8.69. The van der Waals surface area contributed by atoms with E-state index in [4.69, 9.17) is 17.0 Å². The molecule has 0 aliphatic carbocycles. The zero-order valence-corrected chi connectivity index (χ0v) is 20.8. The summed E-state index contributed by atoms with van der Waals surface area (Å²) in [6, 6.07) is 22.8. The molecule has 0 aliphatic rings. The number of carboxylic acid groups (broad SMARTS) is 1. The van der Waals surface area contributed by atoms with Crippen LogP contribution >= 0.6 is 12.2 Å². The van der Waals surface area contributed by atoms with Gasteiger partial charge in [0.05, 0.1) is 5.56 Å². The molecule has 3 rings (SSSR count). The van der Waals surface area contributed by atoms with Gasteiger partial charge in [0, 0.05) is 11.1 Å². The van der Waals surface area contributed by atoms with E-state index in [0.29, 0.717) is 10.8 Å². The number of unbranched alkanes of at least 4 members (excludes halogenated alkanes) is 7. The predicted octanol–water partition coefficient (Wildman–Crippen LogP) is 8.49. The summed E-state index contributed by atoms with van der Waals surface area (Å²) in [7, 11) is 0. The van der Waals surface area contributed by atoms with Crippen LogP contribution < -0.4 is 4.74 Å². The summed E-state index contributed by atoms with van der Waals surface area (Å²) >= 11 is 5.58. The largest absolute Gasteiger partial charge is 0.478 e. The zero-order chi connectivity index (χ0) is 24.2. The van der Waals surface area contributed by atoms with Crippen molar-refractivity contribution in [3.63, 3.8) is 0 Å². The molecule has 178 valence electrons. The molecule has 0 amide bonds. The van der Waals surface area contributed by atoms with E-state index in [0.717, 1.165) is 29.5 Å². The monoisotopic (exact) mass is 474 g/mol. The number of thiocarbonyl (C=S) groups is 1. The van der Waals surface area contributed by atoms with E-state index in [1.165, 1.54) is 50.5 Å². The van der Waals surface area contributed by atoms with Crippen molar-refractivity contribution >= 4 is 23.2 Å². The van der Waals surface area contributed by atoms with Gasteiger partial charge in [-0.05, 0) is 54.4 Å². The lowest BCUT2D eigenvalue weighted by molar-refractivity contribution is 0.0697. The Labute approximate surface area is 208 Å². The first kappa shape index (κ1) is 25.6. The molecular weight excluding hydrogens is 440 g/mol. The van der Waals surface area contributed by atoms with E-state index in [1.807, 2.05) is 42.5 Å². The van der Waals surface area contributed by atoms with Crippen LogP contribution in [0.5, 0.6) is 5.75 Å². The Morgan fingerprint density at radius 3 is 2.09 bits per heavy atom. The molecule has 0 aliphatic heterocycles. The summed E-state index contributed by atoms with van der Waals surface area (Å²) < 4.78 is 6.20. The van der Waals surface area contributed by atoms with Crippen LogP contribution in [0, 0.1) is 0 Å². The molecule has 0 spiro atoms. The van der Waals surface area contributed by atoms with E-state index in [1.54, 1.807) is 12.1 Å². The number of aryl methyl sites for hydroxylation is 1. The van der Waals surface area contributed by atoms with Crippen LogP contribution in [0.3, 0.4) is 0 Å². The Balaban J connectivity index is 1.72. The second-order valence-corrected chi connectivity index (χ2v) is 9.06. The van der Waals surface area contributed by atoms with Crippen LogP contribution in [0.4, 0.5) is 0 Å². The highest BCUT2D eigenvalue weighted by molar-refractivity contribution is 7.80. The molecule has 0 aromatic heterocycles. The first-order valence-electron chi connectivity index (χ1n) is 12.3. The minimum atomic E-state index is -0.936. The molecule has 3 aromatic carbocycles. The third kappa shape index (κ3) is 7.81. The highest BCUT2D eigenvalue weighted by atomic mass is 32.1. The van der Waals surface area contributed by atoms with Crippen molar-refractivity contribution in [1.82, 2.24) is 0 Å². The zero-order valence-electron chi connectivity index (χ0n) is 20.0. The van der Waals surface area contributed by atoms with Gasteiger partial charge >= 0.3 is 5.97 Å². The highest BCUT2D eigenvalue weighted by Crippen LogP contribution is 2.33. The van der Waals surface area contributed by atoms with Crippen molar-refractivity contribution in [3.8, 4) is 16.9 Å². The van der Waals surface area contributed by atoms with Gasteiger partial charge in [-0.1, -0.05) is 106 Å². The van der Waals surface area contributed by atoms with Crippen molar-refractivity contribution in [1.29, 1.82) is 0 Å². The predicted molar refractivity (Wildman–Crippen MR) is 144 cm³/mol. The van der Waals surface area contributed by atoms with E-state index < -0.39 is 5.97 Å². The number of carbonyl (C=O) groups is 1. The number of hydrogen-bond acceptors (Lipinski definition) is 3. The van der Waals surface area contributed by atoms with E-state index in [-0.39, 0.29) is 5.56 Å². The van der Waals surface area contributed by atoms with Gasteiger partial charge in [-0.15, -0.1) is 0 Å². The summed E-state index contributed by atoms with van der Waals surface area (Å²) in [5.74, 6) is -0.233. The van der Waals surface area contributed by atoms with Crippen LogP contribution in [-0.4, -0.2) is 16.1 Å². The fraction of sp³-hybridized carbons (Fsp3) is 0.333. The fourth-order valence-electron chi connectivity index (χ4n) is 4.03. The van der Waals surface area contributed by atoms with E-state index in [9.17, 15) is 9.90 Å². The summed E-state index contributed by atoms with van der Waals surface area (Å²) in [5.41, 5.74) is 4.14. The molecule has 3 nitrogen and oxygen atoms in total. The maximum absolute atomic E-state index is 11.2. The standard InChI is InChI=1S/C30H34O3S/c1-2-3-4-5-6-7-8-10-13-23-16-21-27(24-17-19-25(20-18-24)29(31)32)28(22-23)33-30(34)26-14-11-9-12-15-26/h9,11-12,14-22H,2-8,10,13H2,1H3,(H,31,32). The molecule has 0 atom stereocenters. The van der Waals surface area contributed by atoms with Gasteiger partial charge in [0.25, 0.3) is 0 Å². The lowest BCUT2D eigenvalue weighted by atomic mass is 9.98. The first-order chi connectivity index (χ1) is 16.6. The van der Waals surface area contributed by atoms with Crippen molar-refractivity contribution in [3.05, 3.63) is 89.5 Å². The molecule has 0 bridgehead atoms. The Bertz CT molecular complexity index is 1060. The number of benzene rings is 3. The van der Waals surface area contributed by atoms with Crippen LogP contribution in [0.15, 0.2) is 72.8 Å². The van der Waals surface area contributed by atoms with Crippen LogP contribution in [0.2, 0.25) is 0 Å². The molecule has 34 heavy (non-hydrogen) atoms. The number of carboxylic acids is 1. The number of aromatic carboxylic acids is 1. The minimum absolute atomic E-state index is 0.261. The van der Waals surface area contributed by atoms with Crippen molar-refractivity contribution < 1.29 is 14.6 Å². The summed E-state index contributed by atoms with van der Waals surface area (Å²) in [5, 5.41) is 9.64. The SMILES string of the molecule is CCCCCCCCCCc1ccc(-c2ccc(C(=O)O)cc2)c(OC(=S)c2ccccc2)c1. The van der Waals surface area contributed by atoms with Gasteiger partial charge in [-0.3, -0.25) is 0 Å². The molecule has 0 unspecified atom stereocenters. The lowest BCUT2D eigenvalue weighted by Gasteiger charge is -2.14. The third-order valence-corrected chi connectivity index (χ3v) is 6.34.